The summed E-state index contributed by atoms with van der Waals surface area (Å²) in [5.41, 5.74) is 1.03. The number of carbonyl (C=O) groups excluding carboxylic acids is 1. The fraction of sp³-hybridized carbons (Fsp3) is 0.381. The van der Waals surface area contributed by atoms with Crippen LogP contribution < -0.4 is 5.32 Å². The van der Waals surface area contributed by atoms with Crippen LogP contribution in [0.25, 0.3) is 0 Å². The zero-order valence-electron chi connectivity index (χ0n) is 15.4. The van der Waals surface area contributed by atoms with Crippen molar-refractivity contribution in [2.45, 2.75) is 23.0 Å². The van der Waals surface area contributed by atoms with Gasteiger partial charge in [-0.15, -0.1) is 24.2 Å². The molecule has 0 saturated carbocycles. The van der Waals surface area contributed by atoms with E-state index >= 15 is 0 Å². The van der Waals surface area contributed by atoms with E-state index < -0.39 is 0 Å². The summed E-state index contributed by atoms with van der Waals surface area (Å²) in [5, 5.41) is 3.66. The van der Waals surface area contributed by atoms with Crippen LogP contribution in [0.15, 0.2) is 59.5 Å². The van der Waals surface area contributed by atoms with Gasteiger partial charge in [0.15, 0.2) is 0 Å². The lowest BCUT2D eigenvalue weighted by molar-refractivity contribution is -0.132. The largest absolute Gasteiger partial charge is 0.341 e. The predicted octanol–water partition coefficient (Wildman–Crippen LogP) is 5.05. The van der Waals surface area contributed by atoms with E-state index in [2.05, 4.69) is 5.32 Å². The first-order chi connectivity index (χ1) is 12.7. The molecule has 1 aliphatic rings. The number of rotatable bonds is 6. The first kappa shape index (κ1) is 22.1. The summed E-state index contributed by atoms with van der Waals surface area (Å²) in [6.07, 6.45) is 2.24. The Morgan fingerprint density at radius 3 is 2.63 bits per heavy atom. The lowest BCUT2D eigenvalue weighted by atomic mass is 9.97. The molecule has 0 spiro atoms. The minimum absolute atomic E-state index is 0. The third-order valence-electron chi connectivity index (χ3n) is 4.73. The molecule has 1 fully saturated rings. The van der Waals surface area contributed by atoms with Gasteiger partial charge in [-0.3, -0.25) is 4.79 Å². The molecule has 0 aromatic heterocycles. The molecule has 146 valence electrons. The average molecular weight is 425 g/mol. The van der Waals surface area contributed by atoms with E-state index in [0.29, 0.717) is 10.9 Å². The number of carbonyl (C=O) groups is 1. The van der Waals surface area contributed by atoms with Gasteiger partial charge in [0.2, 0.25) is 5.91 Å². The molecule has 1 saturated heterocycles. The molecular formula is C21H26Cl2N2OS. The van der Waals surface area contributed by atoms with Crippen molar-refractivity contribution in [1.82, 2.24) is 10.2 Å². The zero-order chi connectivity index (χ0) is 18.4. The lowest BCUT2D eigenvalue weighted by Gasteiger charge is -2.35. The van der Waals surface area contributed by atoms with E-state index in [-0.39, 0.29) is 23.6 Å². The number of nitrogens with one attached hydrogen (secondary N) is 1. The maximum atomic E-state index is 13.4. The quantitative estimate of drug-likeness (QED) is 0.658. The highest BCUT2D eigenvalue weighted by atomic mass is 35.5. The van der Waals surface area contributed by atoms with E-state index in [1.54, 1.807) is 11.8 Å². The zero-order valence-corrected chi connectivity index (χ0v) is 17.8. The molecule has 1 amide bonds. The number of hydrogen-bond acceptors (Lipinski definition) is 3. The van der Waals surface area contributed by atoms with Crippen molar-refractivity contribution in [3.05, 3.63) is 65.2 Å². The molecule has 2 unspecified atom stereocenters. The number of piperidine rings is 1. The van der Waals surface area contributed by atoms with Gasteiger partial charge in [-0.25, -0.2) is 0 Å². The number of amides is 1. The van der Waals surface area contributed by atoms with Crippen molar-refractivity contribution in [1.29, 1.82) is 0 Å². The molecule has 0 bridgehead atoms. The third kappa shape index (κ3) is 5.89. The first-order valence-electron chi connectivity index (χ1n) is 9.08. The molecule has 3 nitrogen and oxygen atoms in total. The maximum Gasteiger partial charge on any atom is 0.240 e. The fourth-order valence-electron chi connectivity index (χ4n) is 3.44. The van der Waals surface area contributed by atoms with Crippen LogP contribution >= 0.6 is 35.8 Å². The van der Waals surface area contributed by atoms with Gasteiger partial charge in [0.1, 0.15) is 5.25 Å². The van der Waals surface area contributed by atoms with Crippen LogP contribution in [-0.4, -0.2) is 37.5 Å². The SMILES string of the molecule is CNCC1CCCN(C(=O)C(Sc2ccccc2Cl)c2ccccc2)C1.Cl. The van der Waals surface area contributed by atoms with Crippen LogP contribution in [0.1, 0.15) is 23.7 Å². The summed E-state index contributed by atoms with van der Waals surface area (Å²) >= 11 is 7.90. The van der Waals surface area contributed by atoms with Crippen molar-refractivity contribution in [3.8, 4) is 0 Å². The molecule has 1 N–H and O–H groups in total. The minimum Gasteiger partial charge on any atom is -0.341 e. The summed E-state index contributed by atoms with van der Waals surface area (Å²) in [5.74, 6) is 0.710. The van der Waals surface area contributed by atoms with Crippen LogP contribution in [0.5, 0.6) is 0 Å². The van der Waals surface area contributed by atoms with Crippen LogP contribution in [0.4, 0.5) is 0 Å². The van der Waals surface area contributed by atoms with E-state index in [9.17, 15) is 4.79 Å². The van der Waals surface area contributed by atoms with E-state index in [0.717, 1.165) is 36.5 Å². The highest BCUT2D eigenvalue weighted by molar-refractivity contribution is 8.00. The number of nitrogens with zero attached hydrogens (tertiary/aromatic N) is 1. The smallest absolute Gasteiger partial charge is 0.240 e. The Balaban J connectivity index is 0.00000261. The molecule has 27 heavy (non-hydrogen) atoms. The molecule has 6 heteroatoms. The summed E-state index contributed by atoms with van der Waals surface area (Å²) in [4.78, 5) is 16.4. The second kappa shape index (κ2) is 11.0. The first-order valence-corrected chi connectivity index (χ1v) is 10.3. The average Bonchev–Trinajstić information content (AvgIpc) is 2.68. The minimum atomic E-state index is -0.274. The highest BCUT2D eigenvalue weighted by Crippen LogP contribution is 2.40. The van der Waals surface area contributed by atoms with Gasteiger partial charge in [-0.2, -0.15) is 0 Å². The number of likely N-dealkylation sites (tertiary alicyclic amines) is 1. The van der Waals surface area contributed by atoms with Crippen LogP contribution in [0.3, 0.4) is 0 Å². The molecule has 2 atom stereocenters. The predicted molar refractivity (Wildman–Crippen MR) is 117 cm³/mol. The van der Waals surface area contributed by atoms with Crippen LogP contribution in [0.2, 0.25) is 5.02 Å². The fourth-order valence-corrected chi connectivity index (χ4v) is 4.85. The Kier molecular flexibility index (Phi) is 8.97. The van der Waals surface area contributed by atoms with Gasteiger partial charge >= 0.3 is 0 Å². The second-order valence-corrected chi connectivity index (χ2v) is 8.24. The van der Waals surface area contributed by atoms with Gasteiger partial charge in [0.25, 0.3) is 0 Å². The maximum absolute atomic E-state index is 13.4. The molecule has 1 aliphatic heterocycles. The van der Waals surface area contributed by atoms with Gasteiger partial charge in [0.05, 0.1) is 5.02 Å². The number of hydrogen-bond donors (Lipinski definition) is 1. The molecule has 0 radical (unpaired) electrons. The second-order valence-electron chi connectivity index (χ2n) is 6.69. The topological polar surface area (TPSA) is 32.3 Å². The van der Waals surface area contributed by atoms with E-state index in [1.165, 1.54) is 6.42 Å². The van der Waals surface area contributed by atoms with Crippen LogP contribution in [0, 0.1) is 5.92 Å². The normalized spacial score (nSPS) is 17.9. The Morgan fingerprint density at radius 2 is 1.93 bits per heavy atom. The molecule has 0 aliphatic carbocycles. The van der Waals surface area contributed by atoms with Crippen molar-refractivity contribution < 1.29 is 4.79 Å². The number of halogens is 2. The summed E-state index contributed by atoms with van der Waals surface area (Å²) in [7, 11) is 1.97. The van der Waals surface area contributed by atoms with Crippen molar-refractivity contribution in [2.75, 3.05) is 26.7 Å². The van der Waals surface area contributed by atoms with Crippen molar-refractivity contribution in [2.24, 2.45) is 5.92 Å². The van der Waals surface area contributed by atoms with E-state index in [4.69, 9.17) is 11.6 Å². The molecule has 3 rings (SSSR count). The Bertz CT molecular complexity index is 727. The molecule has 2 aromatic rings. The molecule has 2 aromatic carbocycles. The number of benzene rings is 2. The summed E-state index contributed by atoms with van der Waals surface area (Å²) in [6, 6.07) is 17.8. The lowest BCUT2D eigenvalue weighted by Crippen LogP contribution is -2.44. The van der Waals surface area contributed by atoms with Crippen molar-refractivity contribution in [3.63, 3.8) is 0 Å². The Morgan fingerprint density at radius 1 is 1.22 bits per heavy atom. The van der Waals surface area contributed by atoms with E-state index in [1.807, 2.05) is 66.5 Å². The van der Waals surface area contributed by atoms with Crippen LogP contribution in [-0.2, 0) is 4.79 Å². The summed E-state index contributed by atoms with van der Waals surface area (Å²) < 4.78 is 0. The molecular weight excluding hydrogens is 399 g/mol. The van der Waals surface area contributed by atoms with Gasteiger partial charge in [-0.1, -0.05) is 54.1 Å². The highest BCUT2D eigenvalue weighted by Gasteiger charge is 2.30. The Labute approximate surface area is 177 Å². The number of thioether (sulfide) groups is 1. The third-order valence-corrected chi connectivity index (χ3v) is 6.49. The molecule has 1 heterocycles. The Hall–Kier alpha value is -1.20. The van der Waals surface area contributed by atoms with Gasteiger partial charge in [0, 0.05) is 18.0 Å². The summed E-state index contributed by atoms with van der Waals surface area (Å²) in [6.45, 7) is 2.62. The van der Waals surface area contributed by atoms with Gasteiger partial charge < -0.3 is 10.2 Å². The van der Waals surface area contributed by atoms with Crippen molar-refractivity contribution >= 4 is 41.7 Å². The monoisotopic (exact) mass is 424 g/mol. The standard InChI is InChI=1S/C21H25ClN2OS.ClH/c1-23-14-16-8-7-13-24(15-16)21(25)20(17-9-3-2-4-10-17)26-19-12-6-5-11-18(19)22;/h2-6,9-12,16,20,23H,7-8,13-15H2,1H3;1H. The van der Waals surface area contributed by atoms with Gasteiger partial charge in [-0.05, 0) is 50.0 Å².